The van der Waals surface area contributed by atoms with Crippen molar-refractivity contribution >= 4 is 33.2 Å². The number of hydrogen-bond acceptors (Lipinski definition) is 3. The van der Waals surface area contributed by atoms with Crippen molar-refractivity contribution in [3.05, 3.63) is 52.0 Å². The first kappa shape index (κ1) is 14.4. The van der Waals surface area contributed by atoms with E-state index in [2.05, 4.69) is 21.2 Å². The van der Waals surface area contributed by atoms with Gasteiger partial charge in [-0.15, -0.1) is 0 Å². The fourth-order valence-corrected chi connectivity index (χ4v) is 2.15. The molecule has 0 radical (unpaired) electrons. The van der Waals surface area contributed by atoms with Gasteiger partial charge in [0.25, 0.3) is 5.91 Å². The summed E-state index contributed by atoms with van der Waals surface area (Å²) in [7, 11) is 1.52. The third-order valence-corrected chi connectivity index (χ3v) is 3.99. The predicted molar refractivity (Wildman–Crippen MR) is 84.2 cm³/mol. The van der Waals surface area contributed by atoms with Crippen LogP contribution in [0.1, 0.15) is 15.9 Å². The smallest absolute Gasteiger partial charge is 0.255 e. The van der Waals surface area contributed by atoms with Crippen molar-refractivity contribution in [3.63, 3.8) is 0 Å². The van der Waals surface area contributed by atoms with E-state index in [0.29, 0.717) is 17.0 Å². The van der Waals surface area contributed by atoms with Crippen LogP contribution in [0.25, 0.3) is 0 Å². The number of carbonyl (C=O) groups is 1. The Balaban J connectivity index is 2.26. The first-order valence-electron chi connectivity index (χ1n) is 6.03. The fraction of sp³-hybridized carbons (Fsp3) is 0.133. The molecule has 0 fully saturated rings. The maximum absolute atomic E-state index is 12.2. The van der Waals surface area contributed by atoms with Gasteiger partial charge in [-0.05, 0) is 52.7 Å². The second-order valence-corrected chi connectivity index (χ2v) is 5.14. The molecule has 0 aliphatic heterocycles. The minimum Gasteiger partial charge on any atom is -0.495 e. The number of ether oxygens (including phenoxy) is 1. The van der Waals surface area contributed by atoms with E-state index >= 15 is 0 Å². The summed E-state index contributed by atoms with van der Waals surface area (Å²) in [6.07, 6.45) is 0. The number of benzene rings is 2. The van der Waals surface area contributed by atoms with Gasteiger partial charge in [-0.3, -0.25) is 4.79 Å². The molecule has 0 atom stereocenters. The van der Waals surface area contributed by atoms with Crippen molar-refractivity contribution in [2.45, 2.75) is 6.92 Å². The molecule has 0 bridgehead atoms. The molecule has 0 aliphatic rings. The van der Waals surface area contributed by atoms with Gasteiger partial charge < -0.3 is 15.8 Å². The van der Waals surface area contributed by atoms with Crippen LogP contribution in [0.3, 0.4) is 0 Å². The normalized spacial score (nSPS) is 10.2. The lowest BCUT2D eigenvalue weighted by Gasteiger charge is -2.10. The molecular formula is C15H15BrN2O2. The summed E-state index contributed by atoms with van der Waals surface area (Å²) >= 11 is 3.46. The highest BCUT2D eigenvalue weighted by molar-refractivity contribution is 9.10. The maximum Gasteiger partial charge on any atom is 0.255 e. The molecule has 0 saturated carbocycles. The number of hydrogen-bond donors (Lipinski definition) is 2. The van der Waals surface area contributed by atoms with Crippen molar-refractivity contribution < 1.29 is 9.53 Å². The first-order valence-corrected chi connectivity index (χ1v) is 6.82. The second-order valence-electron chi connectivity index (χ2n) is 4.35. The average molecular weight is 335 g/mol. The molecule has 104 valence electrons. The summed E-state index contributed by atoms with van der Waals surface area (Å²) in [5.74, 6) is 0.274. The van der Waals surface area contributed by atoms with Crippen LogP contribution in [0.15, 0.2) is 40.9 Å². The number of nitrogen functional groups attached to an aromatic ring is 1. The van der Waals surface area contributed by atoms with Gasteiger partial charge in [0.1, 0.15) is 5.75 Å². The molecule has 2 aromatic carbocycles. The lowest BCUT2D eigenvalue weighted by Crippen LogP contribution is -2.12. The Morgan fingerprint density at radius 3 is 2.75 bits per heavy atom. The summed E-state index contributed by atoms with van der Waals surface area (Å²) in [5, 5.41) is 2.86. The zero-order valence-electron chi connectivity index (χ0n) is 11.2. The highest BCUT2D eigenvalue weighted by Crippen LogP contribution is 2.27. The number of anilines is 2. The second kappa shape index (κ2) is 5.96. The Hall–Kier alpha value is -2.01. The van der Waals surface area contributed by atoms with Crippen LogP contribution in [0.4, 0.5) is 11.4 Å². The quantitative estimate of drug-likeness (QED) is 0.843. The number of nitrogens with two attached hydrogens (primary N) is 1. The predicted octanol–water partition coefficient (Wildman–Crippen LogP) is 3.60. The van der Waals surface area contributed by atoms with Gasteiger partial charge in [0.15, 0.2) is 0 Å². The third kappa shape index (κ3) is 2.93. The standard InChI is InChI=1S/C15H15BrN2O2/c1-9-4-3-5-12(14(9)16)18-15(19)10-6-7-11(17)13(8-10)20-2/h3-8H,17H2,1-2H3,(H,18,19). The summed E-state index contributed by atoms with van der Waals surface area (Å²) < 4.78 is 5.99. The Kier molecular flexibility index (Phi) is 4.29. The van der Waals surface area contributed by atoms with Gasteiger partial charge in [-0.2, -0.15) is 0 Å². The van der Waals surface area contributed by atoms with E-state index in [9.17, 15) is 4.79 Å². The monoisotopic (exact) mass is 334 g/mol. The van der Waals surface area contributed by atoms with Crippen LogP contribution in [-0.4, -0.2) is 13.0 Å². The van der Waals surface area contributed by atoms with E-state index in [4.69, 9.17) is 10.5 Å². The Morgan fingerprint density at radius 2 is 2.05 bits per heavy atom. The van der Waals surface area contributed by atoms with Crippen molar-refractivity contribution in [2.24, 2.45) is 0 Å². The molecule has 2 aromatic rings. The van der Waals surface area contributed by atoms with E-state index in [1.54, 1.807) is 18.2 Å². The average Bonchev–Trinajstić information content (AvgIpc) is 2.44. The van der Waals surface area contributed by atoms with Gasteiger partial charge >= 0.3 is 0 Å². The number of aryl methyl sites for hydroxylation is 1. The first-order chi connectivity index (χ1) is 9.52. The molecule has 4 nitrogen and oxygen atoms in total. The number of methoxy groups -OCH3 is 1. The Bertz CT molecular complexity index is 656. The van der Waals surface area contributed by atoms with E-state index in [0.717, 1.165) is 15.7 Å². The van der Waals surface area contributed by atoms with Crippen LogP contribution >= 0.6 is 15.9 Å². The van der Waals surface area contributed by atoms with Gasteiger partial charge in [0.2, 0.25) is 0 Å². The summed E-state index contributed by atoms with van der Waals surface area (Å²) in [4.78, 5) is 12.2. The van der Waals surface area contributed by atoms with Crippen LogP contribution in [0.2, 0.25) is 0 Å². The molecule has 0 unspecified atom stereocenters. The van der Waals surface area contributed by atoms with Crippen LogP contribution < -0.4 is 15.8 Å². The number of rotatable bonds is 3. The number of amides is 1. The zero-order chi connectivity index (χ0) is 14.7. The molecule has 3 N–H and O–H groups in total. The van der Waals surface area contributed by atoms with Gasteiger partial charge in [-0.1, -0.05) is 12.1 Å². The van der Waals surface area contributed by atoms with Crippen molar-refractivity contribution in [3.8, 4) is 5.75 Å². The highest BCUT2D eigenvalue weighted by Gasteiger charge is 2.11. The molecule has 0 aliphatic carbocycles. The topological polar surface area (TPSA) is 64.3 Å². The molecule has 1 amide bonds. The van der Waals surface area contributed by atoms with Crippen LogP contribution in [0, 0.1) is 6.92 Å². The lowest BCUT2D eigenvalue weighted by molar-refractivity contribution is 0.102. The number of nitrogens with one attached hydrogen (secondary N) is 1. The fourth-order valence-electron chi connectivity index (χ4n) is 1.79. The molecular weight excluding hydrogens is 320 g/mol. The molecule has 0 heterocycles. The van der Waals surface area contributed by atoms with Crippen molar-refractivity contribution in [1.82, 2.24) is 0 Å². The summed E-state index contributed by atoms with van der Waals surface area (Å²) in [5.41, 5.74) is 8.50. The Morgan fingerprint density at radius 1 is 1.30 bits per heavy atom. The van der Waals surface area contributed by atoms with Crippen LogP contribution in [0.5, 0.6) is 5.75 Å². The van der Waals surface area contributed by atoms with E-state index < -0.39 is 0 Å². The highest BCUT2D eigenvalue weighted by atomic mass is 79.9. The maximum atomic E-state index is 12.2. The molecule has 2 rings (SSSR count). The summed E-state index contributed by atoms with van der Waals surface area (Å²) in [6.45, 7) is 1.96. The molecule has 20 heavy (non-hydrogen) atoms. The molecule has 5 heteroatoms. The molecule has 0 spiro atoms. The van der Waals surface area contributed by atoms with Crippen molar-refractivity contribution in [1.29, 1.82) is 0 Å². The minimum absolute atomic E-state index is 0.213. The van der Waals surface area contributed by atoms with Gasteiger partial charge in [-0.25, -0.2) is 0 Å². The third-order valence-electron chi connectivity index (χ3n) is 2.94. The van der Waals surface area contributed by atoms with E-state index in [-0.39, 0.29) is 5.91 Å². The van der Waals surface area contributed by atoms with Gasteiger partial charge in [0, 0.05) is 10.0 Å². The largest absolute Gasteiger partial charge is 0.495 e. The zero-order valence-corrected chi connectivity index (χ0v) is 12.8. The SMILES string of the molecule is COc1cc(C(=O)Nc2cccc(C)c2Br)ccc1N. The minimum atomic E-state index is -0.213. The lowest BCUT2D eigenvalue weighted by atomic mass is 10.1. The number of halogens is 1. The van der Waals surface area contributed by atoms with E-state index in [1.165, 1.54) is 7.11 Å². The summed E-state index contributed by atoms with van der Waals surface area (Å²) in [6, 6.07) is 10.6. The Labute approximate surface area is 126 Å². The van der Waals surface area contributed by atoms with Crippen molar-refractivity contribution in [2.75, 3.05) is 18.2 Å². The molecule has 0 saturated heterocycles. The van der Waals surface area contributed by atoms with E-state index in [1.807, 2.05) is 25.1 Å². The van der Waals surface area contributed by atoms with Gasteiger partial charge in [0.05, 0.1) is 18.5 Å². The number of carbonyl (C=O) groups excluding carboxylic acids is 1. The molecule has 0 aromatic heterocycles. The van der Waals surface area contributed by atoms with Crippen LogP contribution in [-0.2, 0) is 0 Å².